The first-order chi connectivity index (χ1) is 25.1. The van der Waals surface area contributed by atoms with Gasteiger partial charge >= 0.3 is 17.9 Å². The third-order valence-electron chi connectivity index (χ3n) is 9.91. The molecular formula is C44H84NO7+. The molecule has 52 heavy (non-hydrogen) atoms. The quantitative estimate of drug-likeness (QED) is 0.0290. The number of likely N-dealkylation sites (N-methyl/N-ethyl adjacent to an activating group) is 1. The topological polar surface area (TPSA) is 99.1 Å². The fourth-order valence-corrected chi connectivity index (χ4v) is 6.50. The molecular weight excluding hydrogens is 654 g/mol. The summed E-state index contributed by atoms with van der Waals surface area (Å²) in [6, 6.07) is -0.611. The van der Waals surface area contributed by atoms with Gasteiger partial charge in [0.25, 0.3) is 0 Å². The first kappa shape index (κ1) is 50.1. The molecule has 0 aliphatic heterocycles. The Morgan fingerprint density at radius 2 is 0.962 bits per heavy atom. The highest BCUT2D eigenvalue weighted by atomic mass is 16.6. The molecule has 0 saturated carbocycles. The lowest BCUT2D eigenvalue weighted by Gasteiger charge is -2.31. The number of aliphatic carboxylic acids is 1. The molecule has 306 valence electrons. The van der Waals surface area contributed by atoms with Crippen LogP contribution in [-0.4, -0.2) is 80.6 Å². The summed E-state index contributed by atoms with van der Waals surface area (Å²) in [7, 11) is 5.53. The Balaban J connectivity index is 4.31. The van der Waals surface area contributed by atoms with E-state index >= 15 is 0 Å². The Labute approximate surface area is 320 Å². The van der Waals surface area contributed by atoms with Crippen LogP contribution in [0.25, 0.3) is 0 Å². The maximum Gasteiger partial charge on any atom is 0.362 e. The number of esters is 2. The molecule has 0 rings (SSSR count). The molecule has 0 saturated heterocycles. The molecule has 0 heterocycles. The van der Waals surface area contributed by atoms with Crippen LogP contribution in [-0.2, 0) is 28.6 Å². The van der Waals surface area contributed by atoms with Gasteiger partial charge in [-0.2, -0.15) is 0 Å². The Hall–Kier alpha value is -1.93. The van der Waals surface area contributed by atoms with Crippen LogP contribution in [0.2, 0.25) is 0 Å². The molecule has 0 bridgehead atoms. The molecule has 0 fully saturated rings. The fourth-order valence-electron chi connectivity index (χ4n) is 6.50. The molecule has 0 aliphatic carbocycles. The van der Waals surface area contributed by atoms with Crippen LogP contribution >= 0.6 is 0 Å². The number of ether oxygens (including phenoxy) is 3. The van der Waals surface area contributed by atoms with Gasteiger partial charge in [0, 0.05) is 19.3 Å². The molecule has 0 amide bonds. The number of allylic oxidation sites excluding steroid dienone is 2. The van der Waals surface area contributed by atoms with Crippen molar-refractivity contribution < 1.29 is 38.2 Å². The second kappa shape index (κ2) is 36.1. The zero-order valence-corrected chi connectivity index (χ0v) is 34.8. The smallest absolute Gasteiger partial charge is 0.362 e. The van der Waals surface area contributed by atoms with Crippen molar-refractivity contribution in [2.45, 2.75) is 212 Å². The van der Waals surface area contributed by atoms with E-state index in [2.05, 4.69) is 26.0 Å². The van der Waals surface area contributed by atoms with E-state index in [9.17, 15) is 19.5 Å². The summed E-state index contributed by atoms with van der Waals surface area (Å²) in [6.07, 6.45) is 36.8. The average Bonchev–Trinajstić information content (AvgIpc) is 3.09. The van der Waals surface area contributed by atoms with E-state index in [0.717, 1.165) is 51.4 Å². The largest absolute Gasteiger partial charge is 0.477 e. The summed E-state index contributed by atoms with van der Waals surface area (Å²) < 4.78 is 17.3. The summed E-state index contributed by atoms with van der Waals surface area (Å²) in [4.78, 5) is 36.9. The first-order valence-corrected chi connectivity index (χ1v) is 21.7. The molecule has 0 aromatic heterocycles. The van der Waals surface area contributed by atoms with Gasteiger partial charge in [0.15, 0.2) is 12.1 Å². The summed E-state index contributed by atoms with van der Waals surface area (Å²) in [5, 5.41) is 9.60. The molecule has 1 N–H and O–H groups in total. The van der Waals surface area contributed by atoms with Crippen LogP contribution in [0.15, 0.2) is 12.2 Å². The number of nitrogens with zero attached hydrogens (tertiary/aromatic N) is 1. The lowest BCUT2D eigenvalue weighted by Crippen LogP contribution is -2.50. The van der Waals surface area contributed by atoms with Crippen LogP contribution in [0.1, 0.15) is 200 Å². The number of rotatable bonds is 39. The van der Waals surface area contributed by atoms with Gasteiger partial charge in [-0.25, -0.2) is 4.79 Å². The zero-order valence-electron chi connectivity index (χ0n) is 34.8. The minimum Gasteiger partial charge on any atom is -0.477 e. The molecule has 0 aromatic carbocycles. The highest BCUT2D eigenvalue weighted by molar-refractivity contribution is 5.72. The number of hydrogen-bond acceptors (Lipinski definition) is 6. The number of carbonyl (C=O) groups is 3. The summed E-state index contributed by atoms with van der Waals surface area (Å²) in [5.41, 5.74) is 0. The minimum atomic E-state index is -0.874. The third-order valence-corrected chi connectivity index (χ3v) is 9.91. The van der Waals surface area contributed by atoms with E-state index in [1.807, 2.05) is 21.1 Å². The number of carbonyl (C=O) groups excluding carboxylic acids is 2. The van der Waals surface area contributed by atoms with E-state index in [0.29, 0.717) is 19.3 Å². The zero-order chi connectivity index (χ0) is 38.5. The molecule has 0 aromatic rings. The van der Waals surface area contributed by atoms with E-state index in [1.54, 1.807) is 0 Å². The van der Waals surface area contributed by atoms with Crippen molar-refractivity contribution in [1.82, 2.24) is 0 Å². The monoisotopic (exact) mass is 739 g/mol. The molecule has 0 aliphatic rings. The Bertz CT molecular complexity index is 869. The van der Waals surface area contributed by atoms with Gasteiger partial charge in [-0.1, -0.05) is 154 Å². The highest BCUT2D eigenvalue weighted by Gasteiger charge is 2.31. The summed E-state index contributed by atoms with van der Waals surface area (Å²) in [5.74, 6) is -1.47. The lowest BCUT2D eigenvalue weighted by molar-refractivity contribution is -0.887. The van der Waals surface area contributed by atoms with Crippen LogP contribution in [0.3, 0.4) is 0 Å². The maximum absolute atomic E-state index is 12.7. The normalized spacial score (nSPS) is 13.0. The van der Waals surface area contributed by atoms with Crippen molar-refractivity contribution in [1.29, 1.82) is 0 Å². The summed E-state index contributed by atoms with van der Waals surface area (Å²) in [6.45, 7) is 4.72. The van der Waals surface area contributed by atoms with Gasteiger partial charge in [-0.3, -0.25) is 9.59 Å². The molecule has 0 radical (unpaired) electrons. The Morgan fingerprint density at radius 3 is 1.42 bits per heavy atom. The third kappa shape index (κ3) is 33.9. The molecule has 8 nitrogen and oxygen atoms in total. The number of quaternary nitrogens is 1. The number of carboxylic acids is 1. The van der Waals surface area contributed by atoms with Crippen LogP contribution < -0.4 is 0 Å². The van der Waals surface area contributed by atoms with E-state index in [-0.39, 0.29) is 36.2 Å². The fraction of sp³-hybridized carbons (Fsp3) is 0.886. The minimum absolute atomic E-state index is 0.0485. The highest BCUT2D eigenvalue weighted by Crippen LogP contribution is 2.15. The van der Waals surface area contributed by atoms with E-state index in [4.69, 9.17) is 14.2 Å². The van der Waals surface area contributed by atoms with Gasteiger partial charge in [-0.05, 0) is 38.5 Å². The number of unbranched alkanes of at least 4 members (excludes halogenated alkanes) is 23. The SMILES string of the molecule is CCCCC/C=C\CCCCCCCC(=O)OC(COCCC(C(=O)O)[N+](C)(C)C)COC(=O)CCCCCCCCCCCCCCCCCC. The number of hydrogen-bond donors (Lipinski definition) is 1. The van der Waals surface area contributed by atoms with E-state index in [1.165, 1.54) is 116 Å². The molecule has 2 unspecified atom stereocenters. The van der Waals surface area contributed by atoms with Gasteiger partial charge in [0.2, 0.25) is 0 Å². The van der Waals surface area contributed by atoms with Gasteiger partial charge < -0.3 is 23.8 Å². The van der Waals surface area contributed by atoms with Crippen molar-refractivity contribution in [3.63, 3.8) is 0 Å². The van der Waals surface area contributed by atoms with Gasteiger partial charge in [0.1, 0.15) is 6.61 Å². The van der Waals surface area contributed by atoms with Crippen molar-refractivity contribution in [2.75, 3.05) is 41.0 Å². The molecule has 2 atom stereocenters. The van der Waals surface area contributed by atoms with Crippen molar-refractivity contribution in [2.24, 2.45) is 0 Å². The Morgan fingerprint density at radius 1 is 0.558 bits per heavy atom. The van der Waals surface area contributed by atoms with Crippen molar-refractivity contribution in [3.05, 3.63) is 12.2 Å². The lowest BCUT2D eigenvalue weighted by atomic mass is 10.0. The van der Waals surface area contributed by atoms with Crippen LogP contribution in [0.5, 0.6) is 0 Å². The van der Waals surface area contributed by atoms with Crippen molar-refractivity contribution in [3.8, 4) is 0 Å². The first-order valence-electron chi connectivity index (χ1n) is 21.7. The second-order valence-electron chi connectivity index (χ2n) is 16.0. The Kier molecular flexibility index (Phi) is 34.7. The average molecular weight is 739 g/mol. The number of carboxylic acid groups (broad SMARTS) is 1. The van der Waals surface area contributed by atoms with Crippen LogP contribution in [0.4, 0.5) is 0 Å². The van der Waals surface area contributed by atoms with Gasteiger partial charge in [-0.15, -0.1) is 0 Å². The summed E-state index contributed by atoms with van der Waals surface area (Å²) >= 11 is 0. The van der Waals surface area contributed by atoms with Gasteiger partial charge in [0.05, 0.1) is 34.4 Å². The molecule has 8 heteroatoms. The van der Waals surface area contributed by atoms with E-state index < -0.39 is 18.1 Å². The molecule has 0 spiro atoms. The maximum atomic E-state index is 12.7. The predicted molar refractivity (Wildman–Crippen MR) is 215 cm³/mol. The standard InChI is InChI=1S/C44H83NO7/c1-6-8-10-12-14-16-18-20-21-22-23-25-26-28-30-32-34-42(46)51-39-40(38-50-37-36-41(44(48)49)45(3,4)5)52-43(47)35-33-31-29-27-24-19-17-15-13-11-9-7-2/h15,17,40-41H,6-14,16,18-39H2,1-5H3/p+1/b17-15-. The van der Waals surface area contributed by atoms with Crippen molar-refractivity contribution >= 4 is 17.9 Å². The van der Waals surface area contributed by atoms with Crippen LogP contribution in [0, 0.1) is 0 Å². The second-order valence-corrected chi connectivity index (χ2v) is 16.0. The predicted octanol–water partition coefficient (Wildman–Crippen LogP) is 11.5.